The number of benzene rings is 1. The number of halogens is 1. The standard InChI is InChI=1S/C21H26N2O4S2.ClH/c1-4-10-23-11-9-16-17(12-23)29-20(19(16)21(25)27-3)22-18(24)13-28-15-7-5-14(26-2)6-8-15;/h5-8H,4,9-13H2,1-3H3,(H,22,24);1H. The molecule has 1 amide bonds. The van der Waals surface area contributed by atoms with E-state index < -0.39 is 0 Å². The zero-order chi connectivity index (χ0) is 20.8. The largest absolute Gasteiger partial charge is 0.497 e. The van der Waals surface area contributed by atoms with Gasteiger partial charge in [-0.3, -0.25) is 9.69 Å². The number of amides is 1. The Morgan fingerprint density at radius 1 is 1.23 bits per heavy atom. The van der Waals surface area contributed by atoms with E-state index >= 15 is 0 Å². The molecule has 6 nitrogen and oxygen atoms in total. The molecule has 1 aliphatic heterocycles. The minimum Gasteiger partial charge on any atom is -0.497 e. The van der Waals surface area contributed by atoms with E-state index in [1.54, 1.807) is 7.11 Å². The summed E-state index contributed by atoms with van der Waals surface area (Å²) in [6.45, 7) is 4.93. The second kappa shape index (κ2) is 11.6. The van der Waals surface area contributed by atoms with Gasteiger partial charge in [-0.2, -0.15) is 0 Å². The number of carbonyl (C=O) groups is 2. The number of nitrogens with one attached hydrogen (secondary N) is 1. The van der Waals surface area contributed by atoms with Gasteiger partial charge < -0.3 is 14.8 Å². The average Bonchev–Trinajstić information content (AvgIpc) is 3.09. The highest BCUT2D eigenvalue weighted by atomic mass is 35.5. The van der Waals surface area contributed by atoms with Crippen molar-refractivity contribution in [3.05, 3.63) is 40.3 Å². The first kappa shape index (κ1) is 24.5. The molecule has 0 fully saturated rings. The van der Waals surface area contributed by atoms with Crippen molar-refractivity contribution < 1.29 is 19.1 Å². The predicted octanol–water partition coefficient (Wildman–Crippen LogP) is 4.46. The van der Waals surface area contributed by atoms with Crippen LogP contribution in [0.2, 0.25) is 0 Å². The smallest absolute Gasteiger partial charge is 0.341 e. The molecule has 2 heterocycles. The fourth-order valence-corrected chi connectivity index (χ4v) is 5.35. The lowest BCUT2D eigenvalue weighted by molar-refractivity contribution is -0.113. The molecule has 1 N–H and O–H groups in total. The van der Waals surface area contributed by atoms with Crippen LogP contribution in [-0.2, 0) is 22.5 Å². The Morgan fingerprint density at radius 3 is 2.60 bits per heavy atom. The number of methoxy groups -OCH3 is 2. The first-order chi connectivity index (χ1) is 14.0. The maximum Gasteiger partial charge on any atom is 0.341 e. The van der Waals surface area contributed by atoms with Crippen LogP contribution < -0.4 is 10.1 Å². The molecule has 0 bridgehead atoms. The van der Waals surface area contributed by atoms with E-state index in [9.17, 15) is 9.59 Å². The van der Waals surface area contributed by atoms with Gasteiger partial charge in [-0.15, -0.1) is 35.5 Å². The summed E-state index contributed by atoms with van der Waals surface area (Å²) in [6, 6.07) is 7.57. The van der Waals surface area contributed by atoms with Gasteiger partial charge in [0, 0.05) is 22.9 Å². The van der Waals surface area contributed by atoms with E-state index in [0.717, 1.165) is 53.6 Å². The number of esters is 1. The zero-order valence-electron chi connectivity index (χ0n) is 17.4. The first-order valence-electron chi connectivity index (χ1n) is 9.57. The quantitative estimate of drug-likeness (QED) is 0.453. The van der Waals surface area contributed by atoms with Crippen LogP contribution >= 0.6 is 35.5 Å². The van der Waals surface area contributed by atoms with Crippen molar-refractivity contribution in [1.29, 1.82) is 0 Å². The molecule has 30 heavy (non-hydrogen) atoms. The fraction of sp³-hybridized carbons (Fsp3) is 0.429. The van der Waals surface area contributed by atoms with Crippen molar-refractivity contribution in [2.45, 2.75) is 31.2 Å². The van der Waals surface area contributed by atoms with Crippen molar-refractivity contribution in [2.75, 3.05) is 38.4 Å². The topological polar surface area (TPSA) is 67.9 Å². The van der Waals surface area contributed by atoms with E-state index in [2.05, 4.69) is 17.1 Å². The monoisotopic (exact) mass is 470 g/mol. The molecule has 164 valence electrons. The lowest BCUT2D eigenvalue weighted by Crippen LogP contribution is -2.30. The van der Waals surface area contributed by atoms with Crippen molar-refractivity contribution in [1.82, 2.24) is 4.90 Å². The lowest BCUT2D eigenvalue weighted by atomic mass is 10.0. The third-order valence-electron chi connectivity index (χ3n) is 4.75. The number of anilines is 1. The Morgan fingerprint density at radius 2 is 1.97 bits per heavy atom. The number of rotatable bonds is 8. The molecule has 9 heteroatoms. The Balaban J connectivity index is 0.00000320. The summed E-state index contributed by atoms with van der Waals surface area (Å²) < 4.78 is 10.1. The van der Waals surface area contributed by atoms with Gasteiger partial charge in [-0.1, -0.05) is 6.92 Å². The molecule has 3 rings (SSSR count). The van der Waals surface area contributed by atoms with E-state index in [-0.39, 0.29) is 30.0 Å². The van der Waals surface area contributed by atoms with Gasteiger partial charge in [-0.25, -0.2) is 4.79 Å². The molecule has 0 aliphatic carbocycles. The summed E-state index contributed by atoms with van der Waals surface area (Å²) in [4.78, 5) is 29.4. The number of hydrogen-bond acceptors (Lipinski definition) is 7. The minimum absolute atomic E-state index is 0. The molecule has 2 aromatic rings. The van der Waals surface area contributed by atoms with Crippen LogP contribution in [0.5, 0.6) is 5.75 Å². The van der Waals surface area contributed by atoms with Gasteiger partial charge in [0.05, 0.1) is 25.5 Å². The van der Waals surface area contributed by atoms with Crippen molar-refractivity contribution >= 4 is 52.4 Å². The number of thiophene rings is 1. The molecule has 0 spiro atoms. The van der Waals surface area contributed by atoms with Crippen LogP contribution in [0.15, 0.2) is 29.2 Å². The van der Waals surface area contributed by atoms with Gasteiger partial charge in [0.2, 0.25) is 5.91 Å². The Hall–Kier alpha value is -1.74. The number of carbonyl (C=O) groups excluding carboxylic acids is 2. The van der Waals surface area contributed by atoms with E-state index in [4.69, 9.17) is 9.47 Å². The van der Waals surface area contributed by atoms with Gasteiger partial charge in [0.25, 0.3) is 0 Å². The highest BCUT2D eigenvalue weighted by Crippen LogP contribution is 2.37. The molecule has 0 radical (unpaired) electrons. The number of hydrogen-bond donors (Lipinski definition) is 1. The van der Waals surface area contributed by atoms with Crippen molar-refractivity contribution in [3.63, 3.8) is 0 Å². The van der Waals surface area contributed by atoms with Crippen LogP contribution in [0, 0.1) is 0 Å². The molecule has 1 aromatic carbocycles. The number of ether oxygens (including phenoxy) is 2. The van der Waals surface area contributed by atoms with Crippen LogP contribution in [0.3, 0.4) is 0 Å². The summed E-state index contributed by atoms with van der Waals surface area (Å²) in [5, 5.41) is 3.54. The summed E-state index contributed by atoms with van der Waals surface area (Å²) >= 11 is 2.93. The van der Waals surface area contributed by atoms with Crippen LogP contribution in [0.25, 0.3) is 0 Å². The van der Waals surface area contributed by atoms with Crippen molar-refractivity contribution in [2.24, 2.45) is 0 Å². The molecular formula is C21H27ClN2O4S2. The predicted molar refractivity (Wildman–Crippen MR) is 125 cm³/mol. The van der Waals surface area contributed by atoms with Crippen LogP contribution in [0.1, 0.15) is 34.1 Å². The van der Waals surface area contributed by atoms with Gasteiger partial charge >= 0.3 is 5.97 Å². The molecule has 0 saturated heterocycles. The Bertz CT molecular complexity index is 871. The molecule has 0 unspecified atom stereocenters. The lowest BCUT2D eigenvalue weighted by Gasteiger charge is -2.26. The maximum absolute atomic E-state index is 12.5. The second-order valence-corrected chi connectivity index (χ2v) is 8.89. The van der Waals surface area contributed by atoms with E-state index in [0.29, 0.717) is 10.6 Å². The SMILES string of the molecule is CCCN1CCc2c(sc(NC(=O)CSc3ccc(OC)cc3)c2C(=O)OC)C1.Cl. The van der Waals surface area contributed by atoms with Crippen LogP contribution in [0.4, 0.5) is 5.00 Å². The summed E-state index contributed by atoms with van der Waals surface area (Å²) in [7, 11) is 3.00. The number of fused-ring (bicyclic) bond motifs is 1. The third-order valence-corrected chi connectivity index (χ3v) is 6.89. The highest BCUT2D eigenvalue weighted by molar-refractivity contribution is 8.00. The second-order valence-electron chi connectivity index (χ2n) is 6.74. The number of thioether (sulfide) groups is 1. The van der Waals surface area contributed by atoms with Gasteiger partial charge in [0.15, 0.2) is 0 Å². The molecule has 0 atom stereocenters. The van der Waals surface area contributed by atoms with E-state index in [1.807, 2.05) is 24.3 Å². The average molecular weight is 471 g/mol. The summed E-state index contributed by atoms with van der Waals surface area (Å²) in [5.41, 5.74) is 1.54. The normalized spacial score (nSPS) is 13.2. The minimum atomic E-state index is -0.385. The molecule has 1 aromatic heterocycles. The third kappa shape index (κ3) is 5.91. The summed E-state index contributed by atoms with van der Waals surface area (Å²) in [5.74, 6) is 0.518. The number of nitrogens with zero attached hydrogens (tertiary/aromatic N) is 1. The first-order valence-corrected chi connectivity index (χ1v) is 11.4. The Kier molecular flexibility index (Phi) is 9.48. The fourth-order valence-electron chi connectivity index (χ4n) is 3.35. The summed E-state index contributed by atoms with van der Waals surface area (Å²) in [6.07, 6.45) is 1.89. The van der Waals surface area contributed by atoms with Gasteiger partial charge in [-0.05, 0) is 49.2 Å². The Labute approximate surface area is 191 Å². The molecule has 0 saturated carbocycles. The van der Waals surface area contributed by atoms with Crippen molar-refractivity contribution in [3.8, 4) is 5.75 Å². The molecule has 1 aliphatic rings. The molecular weight excluding hydrogens is 444 g/mol. The zero-order valence-corrected chi connectivity index (χ0v) is 19.8. The maximum atomic E-state index is 12.5. The van der Waals surface area contributed by atoms with Gasteiger partial charge in [0.1, 0.15) is 10.8 Å². The van der Waals surface area contributed by atoms with E-state index in [1.165, 1.54) is 30.2 Å². The highest BCUT2D eigenvalue weighted by Gasteiger charge is 2.29. The van der Waals surface area contributed by atoms with Crippen LogP contribution in [-0.4, -0.2) is 49.8 Å².